The van der Waals surface area contributed by atoms with Gasteiger partial charge in [-0.2, -0.15) is 0 Å². The Balaban J connectivity index is 1.55. The molecule has 3 heterocycles. The minimum atomic E-state index is -0.702. The van der Waals surface area contributed by atoms with Crippen LogP contribution in [0.4, 0.5) is 10.2 Å². The number of carbonyl (C=O) groups excluding carboxylic acids is 1. The third kappa shape index (κ3) is 4.54. The molecule has 168 valence electrons. The third-order valence-electron chi connectivity index (χ3n) is 4.91. The second kappa shape index (κ2) is 8.91. The maximum Gasteiger partial charge on any atom is 0.259 e. The monoisotopic (exact) mass is 440 g/mol. The number of amides is 1. The lowest BCUT2D eigenvalue weighted by Gasteiger charge is -2.28. The first-order valence-corrected chi connectivity index (χ1v) is 10.3. The van der Waals surface area contributed by atoms with E-state index in [1.54, 1.807) is 24.5 Å². The predicted molar refractivity (Wildman–Crippen MR) is 116 cm³/mol. The van der Waals surface area contributed by atoms with Gasteiger partial charge < -0.3 is 24.3 Å². The van der Waals surface area contributed by atoms with Gasteiger partial charge in [0.25, 0.3) is 5.91 Å². The van der Waals surface area contributed by atoms with Crippen molar-refractivity contribution < 1.29 is 18.7 Å². The number of nitrogens with zero attached hydrogens (tertiary/aromatic N) is 5. The van der Waals surface area contributed by atoms with Gasteiger partial charge in [0.2, 0.25) is 0 Å². The molecule has 10 heteroatoms. The second-order valence-corrected chi connectivity index (χ2v) is 8.11. The normalized spacial score (nSPS) is 15.3. The minimum absolute atomic E-state index is 0.142. The van der Waals surface area contributed by atoms with E-state index in [1.165, 1.54) is 12.1 Å². The summed E-state index contributed by atoms with van der Waals surface area (Å²) in [5.74, 6) is 0.118. The zero-order valence-electron chi connectivity index (χ0n) is 18.4. The van der Waals surface area contributed by atoms with Crippen molar-refractivity contribution in [3.8, 4) is 23.0 Å². The first-order chi connectivity index (χ1) is 15.3. The van der Waals surface area contributed by atoms with Crippen LogP contribution in [0.1, 0.15) is 30.2 Å². The van der Waals surface area contributed by atoms with Crippen molar-refractivity contribution in [2.24, 2.45) is 0 Å². The number of halogens is 1. The molecule has 1 N–H and O–H groups in total. The van der Waals surface area contributed by atoms with Crippen molar-refractivity contribution in [2.45, 2.75) is 26.0 Å². The molecule has 1 amide bonds. The van der Waals surface area contributed by atoms with Crippen molar-refractivity contribution >= 4 is 11.7 Å². The lowest BCUT2D eigenvalue weighted by Crippen LogP contribution is -2.38. The average Bonchev–Trinajstić information content (AvgIpc) is 3.23. The lowest BCUT2D eigenvalue weighted by atomic mass is 10.1. The van der Waals surface area contributed by atoms with E-state index in [0.29, 0.717) is 30.4 Å². The Morgan fingerprint density at radius 1 is 1.31 bits per heavy atom. The van der Waals surface area contributed by atoms with Crippen molar-refractivity contribution in [2.75, 3.05) is 32.6 Å². The Morgan fingerprint density at radius 2 is 2.12 bits per heavy atom. The zero-order chi connectivity index (χ0) is 22.8. The van der Waals surface area contributed by atoms with Gasteiger partial charge in [0.05, 0.1) is 5.56 Å². The summed E-state index contributed by atoms with van der Waals surface area (Å²) in [6, 6.07) is 7.81. The van der Waals surface area contributed by atoms with Crippen LogP contribution in [-0.2, 0) is 0 Å². The Morgan fingerprint density at radius 3 is 2.88 bits per heavy atom. The van der Waals surface area contributed by atoms with Crippen LogP contribution in [0.25, 0.3) is 11.5 Å². The number of carbonyl (C=O) groups is 1. The lowest BCUT2D eigenvalue weighted by molar-refractivity contribution is 0.0703. The van der Waals surface area contributed by atoms with E-state index in [0.717, 1.165) is 0 Å². The SMILES string of the molecule is CC(C)n1cnnc1-c1cccc(NC(=O)c2cc3c(cc2F)OC[C@@H](CN(C)C)O3)n1. The molecule has 3 aromatic rings. The Hall–Kier alpha value is -3.53. The predicted octanol–water partition coefficient (Wildman–Crippen LogP) is 3.01. The number of hydrogen-bond acceptors (Lipinski definition) is 7. The van der Waals surface area contributed by atoms with Gasteiger partial charge in [-0.05, 0) is 46.1 Å². The Kier molecular flexibility index (Phi) is 6.04. The highest BCUT2D eigenvalue weighted by molar-refractivity contribution is 6.04. The summed E-state index contributed by atoms with van der Waals surface area (Å²) in [6.45, 7) is 4.96. The molecule has 1 atom stereocenters. The van der Waals surface area contributed by atoms with E-state index >= 15 is 0 Å². The van der Waals surface area contributed by atoms with Crippen LogP contribution in [0.3, 0.4) is 0 Å². The van der Waals surface area contributed by atoms with Crippen LogP contribution in [0, 0.1) is 5.82 Å². The summed E-state index contributed by atoms with van der Waals surface area (Å²) in [7, 11) is 3.85. The standard InChI is InChI=1S/C22H25FN6O3/c1-13(2)29-12-24-27-21(29)17-6-5-7-20(25-17)26-22(30)15-8-19-18(9-16(15)23)31-11-14(32-19)10-28(3)4/h5-9,12-14H,10-11H2,1-4H3,(H,25,26,30)/t14-/m1/s1. The van der Waals surface area contributed by atoms with Crippen molar-refractivity contribution in [1.29, 1.82) is 0 Å². The van der Waals surface area contributed by atoms with E-state index < -0.39 is 11.7 Å². The number of hydrogen-bond donors (Lipinski definition) is 1. The molecule has 1 aromatic carbocycles. The largest absolute Gasteiger partial charge is 0.486 e. The zero-order valence-corrected chi connectivity index (χ0v) is 18.4. The number of nitrogens with one attached hydrogen (secondary N) is 1. The second-order valence-electron chi connectivity index (χ2n) is 8.11. The average molecular weight is 440 g/mol. The summed E-state index contributed by atoms with van der Waals surface area (Å²) in [4.78, 5) is 19.2. The Bertz CT molecular complexity index is 1130. The molecule has 0 bridgehead atoms. The van der Waals surface area contributed by atoms with Gasteiger partial charge in [0.1, 0.15) is 36.4 Å². The van der Waals surface area contributed by atoms with E-state index in [9.17, 15) is 9.18 Å². The third-order valence-corrected chi connectivity index (χ3v) is 4.91. The van der Waals surface area contributed by atoms with Crippen LogP contribution in [0.2, 0.25) is 0 Å². The van der Waals surface area contributed by atoms with Crippen LogP contribution in [0.15, 0.2) is 36.7 Å². The summed E-state index contributed by atoms with van der Waals surface area (Å²) >= 11 is 0. The molecule has 32 heavy (non-hydrogen) atoms. The van der Waals surface area contributed by atoms with Gasteiger partial charge in [0.15, 0.2) is 17.3 Å². The van der Waals surface area contributed by atoms with E-state index in [2.05, 4.69) is 20.5 Å². The summed E-state index contributed by atoms with van der Waals surface area (Å²) < 4.78 is 28.0. The smallest absolute Gasteiger partial charge is 0.259 e. The molecule has 0 spiro atoms. The maximum atomic E-state index is 14.6. The Labute approximate surface area is 185 Å². The number of likely N-dealkylation sites (N-methyl/N-ethyl adjacent to an activating group) is 1. The van der Waals surface area contributed by atoms with Gasteiger partial charge in [-0.15, -0.1) is 10.2 Å². The molecule has 0 saturated carbocycles. The molecular weight excluding hydrogens is 415 g/mol. The molecular formula is C22H25FN6O3. The minimum Gasteiger partial charge on any atom is -0.486 e. The maximum absolute atomic E-state index is 14.6. The molecule has 0 radical (unpaired) electrons. The summed E-state index contributed by atoms with van der Waals surface area (Å²) in [5.41, 5.74) is 0.388. The van der Waals surface area contributed by atoms with E-state index in [-0.39, 0.29) is 29.3 Å². The number of aromatic nitrogens is 4. The number of benzene rings is 1. The van der Waals surface area contributed by atoms with Gasteiger partial charge in [-0.25, -0.2) is 9.37 Å². The van der Waals surface area contributed by atoms with Crippen molar-refractivity contribution in [3.05, 3.63) is 48.0 Å². The number of anilines is 1. The first kappa shape index (κ1) is 21.7. The quantitative estimate of drug-likeness (QED) is 0.630. The fraction of sp³-hybridized carbons (Fsp3) is 0.364. The van der Waals surface area contributed by atoms with E-state index in [1.807, 2.05) is 37.4 Å². The number of rotatable bonds is 6. The topological polar surface area (TPSA) is 94.4 Å². The fourth-order valence-corrected chi connectivity index (χ4v) is 3.42. The molecule has 0 aliphatic carbocycles. The van der Waals surface area contributed by atoms with Gasteiger partial charge in [0, 0.05) is 18.7 Å². The van der Waals surface area contributed by atoms with Gasteiger partial charge in [-0.3, -0.25) is 4.79 Å². The highest BCUT2D eigenvalue weighted by Crippen LogP contribution is 2.34. The van der Waals surface area contributed by atoms with Crippen LogP contribution >= 0.6 is 0 Å². The van der Waals surface area contributed by atoms with Crippen LogP contribution in [-0.4, -0.2) is 63.9 Å². The van der Waals surface area contributed by atoms with E-state index in [4.69, 9.17) is 9.47 Å². The van der Waals surface area contributed by atoms with Crippen LogP contribution in [0.5, 0.6) is 11.5 Å². The fourth-order valence-electron chi connectivity index (χ4n) is 3.42. The van der Waals surface area contributed by atoms with Crippen molar-refractivity contribution in [1.82, 2.24) is 24.6 Å². The molecule has 2 aromatic heterocycles. The summed E-state index contributed by atoms with van der Waals surface area (Å²) in [6.07, 6.45) is 1.41. The molecule has 1 aliphatic rings. The molecule has 0 unspecified atom stereocenters. The highest BCUT2D eigenvalue weighted by atomic mass is 19.1. The van der Waals surface area contributed by atoms with Gasteiger partial charge in [-0.1, -0.05) is 6.07 Å². The molecule has 1 aliphatic heterocycles. The number of fused-ring (bicyclic) bond motifs is 1. The van der Waals surface area contributed by atoms with Gasteiger partial charge >= 0.3 is 0 Å². The van der Waals surface area contributed by atoms with Crippen LogP contribution < -0.4 is 14.8 Å². The molecule has 0 fully saturated rings. The van der Waals surface area contributed by atoms with Crippen molar-refractivity contribution in [3.63, 3.8) is 0 Å². The molecule has 9 nitrogen and oxygen atoms in total. The highest BCUT2D eigenvalue weighted by Gasteiger charge is 2.25. The molecule has 0 saturated heterocycles. The number of ether oxygens (including phenoxy) is 2. The first-order valence-electron chi connectivity index (χ1n) is 10.3. The number of pyridine rings is 1. The molecule has 4 rings (SSSR count). The summed E-state index contributed by atoms with van der Waals surface area (Å²) in [5, 5.41) is 10.7.